The fourth-order valence-electron chi connectivity index (χ4n) is 2.63. The number of hydrogen-bond donors (Lipinski definition) is 3. The molecule has 190 valence electrons. The van der Waals surface area contributed by atoms with E-state index < -0.39 is 6.04 Å². The summed E-state index contributed by atoms with van der Waals surface area (Å²) < 4.78 is 26.8. The maximum atomic E-state index is 12.3. The van der Waals surface area contributed by atoms with Gasteiger partial charge in [0.15, 0.2) is 0 Å². The van der Waals surface area contributed by atoms with Gasteiger partial charge in [-0.05, 0) is 18.8 Å². The smallest absolute Gasteiger partial charge is 0.242 e. The summed E-state index contributed by atoms with van der Waals surface area (Å²) in [6, 6.07) is -0.507. The Hall–Kier alpha value is -1.30. The van der Waals surface area contributed by atoms with Gasteiger partial charge in [-0.1, -0.05) is 20.8 Å². The van der Waals surface area contributed by atoms with Gasteiger partial charge in [-0.15, -0.1) is 0 Å². The second-order valence-corrected chi connectivity index (χ2v) is 7.64. The predicted molar refractivity (Wildman–Crippen MR) is 122 cm³/mol. The van der Waals surface area contributed by atoms with Crippen LogP contribution in [0.1, 0.15) is 40.0 Å². The van der Waals surface area contributed by atoms with Crippen molar-refractivity contribution in [3.63, 3.8) is 0 Å². The fraction of sp³-hybridized carbons (Fsp3) is 0.909. The molecule has 0 fully saturated rings. The Labute approximate surface area is 193 Å². The number of rotatable bonds is 23. The zero-order valence-corrected chi connectivity index (χ0v) is 20.2. The lowest BCUT2D eigenvalue weighted by Gasteiger charge is -2.20. The highest BCUT2D eigenvalue weighted by molar-refractivity contribution is 5.87. The molecule has 0 aliphatic rings. The lowest BCUT2D eigenvalue weighted by Crippen LogP contribution is -2.48. The minimum Gasteiger partial charge on any atom is -0.378 e. The highest BCUT2D eigenvalue weighted by Gasteiger charge is 2.21. The quantitative estimate of drug-likeness (QED) is 0.187. The van der Waals surface area contributed by atoms with Crippen molar-refractivity contribution in [1.82, 2.24) is 10.6 Å². The highest BCUT2D eigenvalue weighted by atomic mass is 16.6. The van der Waals surface area contributed by atoms with Crippen molar-refractivity contribution in [3.05, 3.63) is 0 Å². The van der Waals surface area contributed by atoms with E-state index in [1.165, 1.54) is 0 Å². The topological polar surface area (TPSA) is 130 Å². The maximum Gasteiger partial charge on any atom is 0.242 e. The summed E-state index contributed by atoms with van der Waals surface area (Å²) in [4.78, 5) is 24.2. The molecule has 1 unspecified atom stereocenters. The second-order valence-electron chi connectivity index (χ2n) is 7.64. The Kier molecular flexibility index (Phi) is 21.9. The average molecular weight is 464 g/mol. The van der Waals surface area contributed by atoms with E-state index in [0.29, 0.717) is 97.9 Å². The predicted octanol–water partition coefficient (Wildman–Crippen LogP) is 0.475. The van der Waals surface area contributed by atoms with E-state index in [2.05, 4.69) is 10.6 Å². The van der Waals surface area contributed by atoms with Gasteiger partial charge >= 0.3 is 0 Å². The minimum atomic E-state index is -0.507. The number of nitrogens with one attached hydrogen (secondary N) is 2. The summed E-state index contributed by atoms with van der Waals surface area (Å²) in [6.07, 6.45) is 1.78. The van der Waals surface area contributed by atoms with Crippen LogP contribution in [0.4, 0.5) is 0 Å². The van der Waals surface area contributed by atoms with Crippen LogP contribution in [0.3, 0.4) is 0 Å². The zero-order chi connectivity index (χ0) is 23.9. The van der Waals surface area contributed by atoms with Crippen molar-refractivity contribution in [2.75, 3.05) is 79.2 Å². The summed E-state index contributed by atoms with van der Waals surface area (Å²) in [5.74, 6) is 0.0389. The molecule has 0 rings (SSSR count). The number of carbonyl (C=O) groups is 2. The van der Waals surface area contributed by atoms with Crippen molar-refractivity contribution in [1.29, 1.82) is 0 Å². The van der Waals surface area contributed by atoms with Crippen molar-refractivity contribution in [3.8, 4) is 0 Å². The minimum absolute atomic E-state index is 0.0915. The molecule has 4 N–H and O–H groups in total. The van der Waals surface area contributed by atoms with Gasteiger partial charge in [-0.2, -0.15) is 0 Å². The van der Waals surface area contributed by atoms with E-state index in [1.54, 1.807) is 0 Å². The number of hydrogen-bond acceptors (Lipinski definition) is 8. The highest BCUT2D eigenvalue weighted by Crippen LogP contribution is 2.05. The van der Waals surface area contributed by atoms with Crippen LogP contribution in [0.15, 0.2) is 0 Å². The van der Waals surface area contributed by atoms with Gasteiger partial charge in [0.25, 0.3) is 0 Å². The van der Waals surface area contributed by atoms with E-state index in [0.717, 1.165) is 6.42 Å². The summed E-state index contributed by atoms with van der Waals surface area (Å²) in [5.41, 5.74) is 5.31. The molecule has 0 saturated carbocycles. The first kappa shape index (κ1) is 30.7. The number of nitrogens with two attached hydrogens (primary N) is 1. The van der Waals surface area contributed by atoms with E-state index in [9.17, 15) is 9.59 Å². The van der Waals surface area contributed by atoms with Crippen LogP contribution in [0, 0.1) is 5.92 Å². The number of ether oxygens (including phenoxy) is 5. The summed E-state index contributed by atoms with van der Waals surface area (Å²) in [7, 11) is 0. The molecule has 0 aromatic carbocycles. The van der Waals surface area contributed by atoms with Crippen LogP contribution in [0.25, 0.3) is 0 Å². The van der Waals surface area contributed by atoms with Crippen molar-refractivity contribution in [2.45, 2.75) is 46.1 Å². The van der Waals surface area contributed by atoms with Gasteiger partial charge in [-0.25, -0.2) is 0 Å². The first-order valence-corrected chi connectivity index (χ1v) is 11.7. The van der Waals surface area contributed by atoms with E-state index >= 15 is 0 Å². The van der Waals surface area contributed by atoms with Crippen LogP contribution in [0.2, 0.25) is 0 Å². The Morgan fingerprint density at radius 2 is 1.25 bits per heavy atom. The third-order valence-electron chi connectivity index (χ3n) is 4.13. The molecule has 10 heteroatoms. The van der Waals surface area contributed by atoms with Crippen molar-refractivity contribution in [2.24, 2.45) is 11.7 Å². The van der Waals surface area contributed by atoms with E-state index in [4.69, 9.17) is 29.4 Å². The molecule has 1 atom stereocenters. The Bertz CT molecular complexity index is 453. The molecule has 0 spiro atoms. The SMILES string of the molecule is CCCC(=O)NC(CC(C)C)C(=O)NCCOCCOCCOCCOCCOCCN. The van der Waals surface area contributed by atoms with Gasteiger partial charge in [-0.3, -0.25) is 9.59 Å². The van der Waals surface area contributed by atoms with Crippen LogP contribution in [-0.2, 0) is 33.3 Å². The van der Waals surface area contributed by atoms with Gasteiger partial charge in [0, 0.05) is 19.5 Å². The third-order valence-corrected chi connectivity index (χ3v) is 4.13. The van der Waals surface area contributed by atoms with Crippen LogP contribution in [-0.4, -0.2) is 97.0 Å². The first-order valence-electron chi connectivity index (χ1n) is 11.7. The van der Waals surface area contributed by atoms with E-state index in [-0.39, 0.29) is 11.8 Å². The fourth-order valence-corrected chi connectivity index (χ4v) is 2.63. The Morgan fingerprint density at radius 1 is 0.781 bits per heavy atom. The molecular weight excluding hydrogens is 418 g/mol. The molecule has 0 aliphatic heterocycles. The van der Waals surface area contributed by atoms with E-state index in [1.807, 2.05) is 20.8 Å². The van der Waals surface area contributed by atoms with Crippen LogP contribution >= 0.6 is 0 Å². The lowest BCUT2D eigenvalue weighted by atomic mass is 10.0. The summed E-state index contributed by atoms with van der Waals surface area (Å²) in [6.45, 7) is 11.8. The summed E-state index contributed by atoms with van der Waals surface area (Å²) in [5, 5.41) is 5.64. The van der Waals surface area contributed by atoms with Crippen LogP contribution in [0.5, 0.6) is 0 Å². The van der Waals surface area contributed by atoms with Crippen LogP contribution < -0.4 is 16.4 Å². The first-order chi connectivity index (χ1) is 15.5. The van der Waals surface area contributed by atoms with Gasteiger partial charge < -0.3 is 40.1 Å². The molecule has 2 amide bonds. The normalized spacial score (nSPS) is 12.2. The molecule has 0 saturated heterocycles. The van der Waals surface area contributed by atoms with Gasteiger partial charge in [0.05, 0.1) is 66.1 Å². The maximum absolute atomic E-state index is 12.3. The molecule has 0 aromatic rings. The molecule has 0 bridgehead atoms. The number of carbonyl (C=O) groups excluding carboxylic acids is 2. The Balaban J connectivity index is 3.55. The largest absolute Gasteiger partial charge is 0.378 e. The summed E-state index contributed by atoms with van der Waals surface area (Å²) >= 11 is 0. The zero-order valence-electron chi connectivity index (χ0n) is 20.2. The molecule has 0 aromatic heterocycles. The molecule has 32 heavy (non-hydrogen) atoms. The number of amides is 2. The molecule has 0 radical (unpaired) electrons. The molecule has 0 aliphatic carbocycles. The van der Waals surface area contributed by atoms with Crippen molar-refractivity contribution >= 4 is 11.8 Å². The van der Waals surface area contributed by atoms with Crippen molar-refractivity contribution < 1.29 is 33.3 Å². The second kappa shape index (κ2) is 22.9. The van der Waals surface area contributed by atoms with Gasteiger partial charge in [0.2, 0.25) is 11.8 Å². The average Bonchev–Trinajstić information content (AvgIpc) is 2.75. The standard InChI is InChI=1S/C22H45N3O7/c1-4-5-21(26)25-20(18-19(2)3)22(27)24-7-9-29-11-13-31-15-17-32-16-14-30-12-10-28-8-6-23/h19-20H,4-18,23H2,1-3H3,(H,24,27)(H,25,26). The monoisotopic (exact) mass is 463 g/mol. The molecule has 0 heterocycles. The third kappa shape index (κ3) is 20.6. The molecule has 10 nitrogen and oxygen atoms in total. The lowest BCUT2D eigenvalue weighted by molar-refractivity contribution is -0.129. The molecular formula is C22H45N3O7. The van der Waals surface area contributed by atoms with Gasteiger partial charge in [0.1, 0.15) is 6.04 Å². The Morgan fingerprint density at radius 3 is 1.69 bits per heavy atom.